The van der Waals surface area contributed by atoms with Gasteiger partial charge in [-0.2, -0.15) is 0 Å². The van der Waals surface area contributed by atoms with Gasteiger partial charge in [0.2, 0.25) is 11.6 Å². The monoisotopic (exact) mass is 138 g/mol. The second-order valence-corrected chi connectivity index (χ2v) is 1.89. The van der Waals surface area contributed by atoms with Crippen LogP contribution in [0, 0.1) is 0 Å². The second-order valence-electron chi connectivity index (χ2n) is 1.89. The van der Waals surface area contributed by atoms with Crippen LogP contribution in [0.4, 0.5) is 0 Å². The highest BCUT2D eigenvalue weighted by atomic mass is 17.0. The van der Waals surface area contributed by atoms with E-state index in [4.69, 9.17) is 0 Å². The van der Waals surface area contributed by atoms with Crippen molar-refractivity contribution < 1.29 is 18.7 Å². The molecule has 0 aromatic carbocycles. The van der Waals surface area contributed by atoms with Crippen LogP contribution in [0.1, 0.15) is 21.1 Å². The van der Waals surface area contributed by atoms with Crippen molar-refractivity contribution in [1.82, 2.24) is 0 Å². The van der Waals surface area contributed by atoms with Gasteiger partial charge in [-0.05, 0) is 12.2 Å². The minimum atomic E-state index is -0.319. The zero-order valence-corrected chi connectivity index (χ0v) is 4.79. The average molecular weight is 138 g/mol. The summed E-state index contributed by atoms with van der Waals surface area (Å²) < 4.78 is 8.55. The molecule has 1 aliphatic carbocycles. The summed E-state index contributed by atoms with van der Waals surface area (Å²) >= 11 is 0. The first-order valence-corrected chi connectivity index (χ1v) is 2.64. The van der Waals surface area contributed by atoms with Gasteiger partial charge in [-0.15, -0.1) is 0 Å². The summed E-state index contributed by atoms with van der Waals surface area (Å²) in [6.45, 7) is 0. The molecule has 50 valence electrons. The highest BCUT2D eigenvalue weighted by Gasteiger charge is 2.29. The van der Waals surface area contributed by atoms with Gasteiger partial charge < -0.3 is 0 Å². The molecule has 10 heavy (non-hydrogen) atoms. The number of fused-ring (bicyclic) bond motifs is 1. The SMILES string of the molecule is O=C1C=CC(=O)c2ooc21. The van der Waals surface area contributed by atoms with Crippen molar-refractivity contribution in [3.63, 3.8) is 0 Å². The summed E-state index contributed by atoms with van der Waals surface area (Å²) in [4.78, 5) is 21.4. The Morgan fingerprint density at radius 2 is 1.30 bits per heavy atom. The van der Waals surface area contributed by atoms with E-state index >= 15 is 0 Å². The number of hydrogen-bond acceptors (Lipinski definition) is 4. The zero-order valence-electron chi connectivity index (χ0n) is 4.79. The third-order valence-electron chi connectivity index (χ3n) is 1.25. The molecule has 0 atom stereocenters. The predicted octanol–water partition coefficient (Wildman–Crippen LogP) is 0.808. The minimum absolute atomic E-state index is 0.0208. The topological polar surface area (TPSA) is 60.4 Å². The van der Waals surface area contributed by atoms with Gasteiger partial charge >= 0.3 is 0 Å². The molecule has 0 radical (unpaired) electrons. The molecule has 0 saturated carbocycles. The van der Waals surface area contributed by atoms with Crippen LogP contribution in [-0.4, -0.2) is 11.6 Å². The maximum Gasteiger partial charge on any atom is 0.276 e. The van der Waals surface area contributed by atoms with E-state index in [1.54, 1.807) is 0 Å². The summed E-state index contributed by atoms with van der Waals surface area (Å²) in [5.41, 5.74) is 0. The molecule has 0 unspecified atom stereocenters. The Hall–Kier alpha value is -1.58. The molecule has 1 aromatic rings. The van der Waals surface area contributed by atoms with Crippen molar-refractivity contribution in [3.8, 4) is 0 Å². The fourth-order valence-electron chi connectivity index (χ4n) is 0.734. The fourth-order valence-corrected chi connectivity index (χ4v) is 0.734. The summed E-state index contributed by atoms with van der Waals surface area (Å²) in [7, 11) is 0. The molecule has 1 aliphatic rings. The first kappa shape index (κ1) is 5.22. The van der Waals surface area contributed by atoms with Gasteiger partial charge in [-0.1, -0.05) is 0 Å². The van der Waals surface area contributed by atoms with E-state index < -0.39 is 0 Å². The molecular weight excluding hydrogens is 136 g/mol. The van der Waals surface area contributed by atoms with Crippen molar-refractivity contribution in [2.45, 2.75) is 0 Å². The lowest BCUT2D eigenvalue weighted by molar-refractivity contribution is -0.0216. The summed E-state index contributed by atoms with van der Waals surface area (Å²) in [6, 6.07) is 0. The third kappa shape index (κ3) is 0.452. The van der Waals surface area contributed by atoms with Gasteiger partial charge in [-0.25, -0.2) is 0 Å². The van der Waals surface area contributed by atoms with Crippen LogP contribution in [0.2, 0.25) is 0 Å². The number of carbonyl (C=O) groups is 2. The van der Waals surface area contributed by atoms with Gasteiger partial charge in [0.15, 0.2) is 0 Å². The first-order valence-electron chi connectivity index (χ1n) is 2.64. The molecular formula is C6H2O4. The second kappa shape index (κ2) is 1.47. The molecule has 0 aliphatic heterocycles. The number of ketones is 2. The van der Waals surface area contributed by atoms with E-state index in [1.807, 2.05) is 0 Å². The zero-order chi connectivity index (χ0) is 7.14. The van der Waals surface area contributed by atoms with E-state index in [0.29, 0.717) is 0 Å². The average Bonchev–Trinajstić information content (AvgIpc) is 1.78. The summed E-state index contributed by atoms with van der Waals surface area (Å²) in [5.74, 6) is -0.596. The standard InChI is InChI=1S/C6H2O4/c7-3-1-2-4(8)6-5(3)9-10-6/h1-2H. The molecule has 4 heteroatoms. The maximum atomic E-state index is 10.7. The normalized spacial score (nSPS) is 16.0. The number of allylic oxidation sites excluding steroid dienone is 2. The molecule has 0 fully saturated rings. The van der Waals surface area contributed by atoms with E-state index in [9.17, 15) is 9.59 Å². The molecule has 0 saturated heterocycles. The van der Waals surface area contributed by atoms with Crippen molar-refractivity contribution in [3.05, 3.63) is 23.7 Å². The van der Waals surface area contributed by atoms with Crippen molar-refractivity contribution >= 4 is 11.6 Å². The Morgan fingerprint density at radius 1 is 0.900 bits per heavy atom. The van der Waals surface area contributed by atoms with Gasteiger partial charge in [-0.3, -0.25) is 18.7 Å². The van der Waals surface area contributed by atoms with E-state index in [1.165, 1.54) is 0 Å². The van der Waals surface area contributed by atoms with E-state index in [2.05, 4.69) is 9.15 Å². The molecule has 0 spiro atoms. The van der Waals surface area contributed by atoms with E-state index in [-0.39, 0.29) is 23.1 Å². The van der Waals surface area contributed by atoms with Crippen LogP contribution in [0.25, 0.3) is 0 Å². The van der Waals surface area contributed by atoms with Crippen molar-refractivity contribution in [2.75, 3.05) is 0 Å². The molecule has 1 aromatic heterocycles. The van der Waals surface area contributed by atoms with Crippen LogP contribution in [0.3, 0.4) is 0 Å². The molecule has 1 heterocycles. The van der Waals surface area contributed by atoms with Gasteiger partial charge in [0.05, 0.1) is 0 Å². The largest absolute Gasteiger partial charge is 0.285 e. The quantitative estimate of drug-likeness (QED) is 0.497. The highest BCUT2D eigenvalue weighted by molar-refractivity contribution is 6.19. The Kier molecular flexibility index (Phi) is 0.768. The lowest BCUT2D eigenvalue weighted by Gasteiger charge is -2.05. The maximum absolute atomic E-state index is 10.7. The van der Waals surface area contributed by atoms with Gasteiger partial charge in [0.25, 0.3) is 11.5 Å². The Balaban J connectivity index is 2.58. The highest BCUT2D eigenvalue weighted by Crippen LogP contribution is 2.19. The van der Waals surface area contributed by atoms with Crippen LogP contribution in [0.15, 0.2) is 21.3 Å². The Bertz CT molecular complexity index is 293. The van der Waals surface area contributed by atoms with Gasteiger partial charge in [0, 0.05) is 0 Å². The van der Waals surface area contributed by atoms with Crippen LogP contribution in [0.5, 0.6) is 0 Å². The van der Waals surface area contributed by atoms with Crippen molar-refractivity contribution in [1.29, 1.82) is 0 Å². The molecule has 4 nitrogen and oxygen atoms in total. The van der Waals surface area contributed by atoms with Gasteiger partial charge in [0.1, 0.15) is 0 Å². The lowest BCUT2D eigenvalue weighted by atomic mass is 10.1. The number of hydrogen-bond donors (Lipinski definition) is 0. The predicted molar refractivity (Wildman–Crippen MR) is 28.8 cm³/mol. The number of rotatable bonds is 0. The number of carbonyl (C=O) groups excluding carboxylic acids is 2. The van der Waals surface area contributed by atoms with Crippen LogP contribution < -0.4 is 0 Å². The first-order chi connectivity index (χ1) is 4.79. The smallest absolute Gasteiger partial charge is 0.276 e. The van der Waals surface area contributed by atoms with E-state index in [0.717, 1.165) is 12.2 Å². The van der Waals surface area contributed by atoms with Crippen molar-refractivity contribution in [2.24, 2.45) is 0 Å². The molecule has 0 amide bonds. The summed E-state index contributed by atoms with van der Waals surface area (Å²) in [5, 5.41) is 0. The minimum Gasteiger partial charge on any atom is -0.285 e. The Labute approximate surface area is 55.0 Å². The molecule has 0 N–H and O–H groups in total. The molecule has 2 rings (SSSR count). The van der Waals surface area contributed by atoms with Crippen LogP contribution >= 0.6 is 0 Å². The third-order valence-corrected chi connectivity index (χ3v) is 1.25. The summed E-state index contributed by atoms with van der Waals surface area (Å²) in [6.07, 6.45) is 2.31. The fraction of sp³-hybridized carbons (Fsp3) is 0. The van der Waals surface area contributed by atoms with Crippen LogP contribution in [-0.2, 0) is 0 Å². The molecule has 0 bridgehead atoms. The Morgan fingerprint density at radius 3 is 1.60 bits per heavy atom. The lowest BCUT2D eigenvalue weighted by Crippen LogP contribution is -2.13.